The Balaban J connectivity index is 2.28. The number of likely N-dealkylation sites (N-methyl/N-ethyl adjacent to an activating group) is 1. The first-order chi connectivity index (χ1) is 7.79. The summed E-state index contributed by atoms with van der Waals surface area (Å²) in [6.07, 6.45) is 1.75. The summed E-state index contributed by atoms with van der Waals surface area (Å²) in [4.78, 5) is 13.8. The molecular formula is C13H25NO3. The van der Waals surface area contributed by atoms with Crippen molar-refractivity contribution >= 4 is 5.97 Å². The predicted molar refractivity (Wildman–Crippen MR) is 66.9 cm³/mol. The van der Waals surface area contributed by atoms with Crippen LogP contribution in [0.1, 0.15) is 40.5 Å². The summed E-state index contributed by atoms with van der Waals surface area (Å²) in [5.74, 6) is -0.129. The van der Waals surface area contributed by atoms with Crippen molar-refractivity contribution in [3.63, 3.8) is 0 Å². The van der Waals surface area contributed by atoms with Crippen molar-refractivity contribution < 1.29 is 14.3 Å². The fourth-order valence-electron chi connectivity index (χ4n) is 2.13. The van der Waals surface area contributed by atoms with E-state index in [-0.39, 0.29) is 17.7 Å². The fourth-order valence-corrected chi connectivity index (χ4v) is 2.13. The Labute approximate surface area is 104 Å². The van der Waals surface area contributed by atoms with Gasteiger partial charge >= 0.3 is 5.97 Å². The lowest BCUT2D eigenvalue weighted by Gasteiger charge is -2.27. The summed E-state index contributed by atoms with van der Waals surface area (Å²) in [5.41, 5.74) is -0.389. The highest BCUT2D eigenvalue weighted by molar-refractivity contribution is 5.70. The molecule has 0 spiro atoms. The first-order valence-electron chi connectivity index (χ1n) is 6.33. The van der Waals surface area contributed by atoms with Gasteiger partial charge in [-0.05, 0) is 41.2 Å². The second-order valence-corrected chi connectivity index (χ2v) is 5.75. The van der Waals surface area contributed by atoms with Crippen LogP contribution in [0.15, 0.2) is 0 Å². The quantitative estimate of drug-likeness (QED) is 0.706. The Bertz CT molecular complexity index is 260. The van der Waals surface area contributed by atoms with E-state index in [1.54, 1.807) is 0 Å². The zero-order chi connectivity index (χ0) is 13.1. The van der Waals surface area contributed by atoms with Crippen molar-refractivity contribution in [1.82, 2.24) is 4.90 Å². The van der Waals surface area contributed by atoms with Gasteiger partial charge in [-0.25, -0.2) is 0 Å². The van der Waals surface area contributed by atoms with Gasteiger partial charge in [0, 0.05) is 19.2 Å². The van der Waals surface area contributed by atoms with Gasteiger partial charge < -0.3 is 14.4 Å². The number of rotatable bonds is 4. The minimum absolute atomic E-state index is 0.129. The van der Waals surface area contributed by atoms with Crippen LogP contribution in [0.25, 0.3) is 0 Å². The monoisotopic (exact) mass is 243 g/mol. The molecule has 0 aromatic rings. The van der Waals surface area contributed by atoms with Gasteiger partial charge in [-0.2, -0.15) is 0 Å². The molecule has 1 fully saturated rings. The lowest BCUT2D eigenvalue weighted by atomic mass is 10.1. The molecule has 0 saturated carbocycles. The Morgan fingerprint density at radius 1 is 1.47 bits per heavy atom. The van der Waals surface area contributed by atoms with E-state index in [2.05, 4.69) is 11.8 Å². The molecule has 0 amide bonds. The average molecular weight is 243 g/mol. The Morgan fingerprint density at radius 3 is 2.59 bits per heavy atom. The van der Waals surface area contributed by atoms with Crippen LogP contribution in [0.5, 0.6) is 0 Å². The maximum absolute atomic E-state index is 11.6. The molecule has 4 heteroatoms. The molecule has 1 aliphatic rings. The maximum Gasteiger partial charge on any atom is 0.307 e. The number of carbonyl (C=O) groups excluding carboxylic acids is 1. The molecule has 0 radical (unpaired) electrons. The molecule has 0 aliphatic carbocycles. The summed E-state index contributed by atoms with van der Waals surface area (Å²) in [6.45, 7) is 9.31. The Hall–Kier alpha value is -0.610. The zero-order valence-electron chi connectivity index (χ0n) is 11.7. The molecule has 2 unspecified atom stereocenters. The SMILES string of the molecule is CC1OCCC1N(C)CCC(=O)OC(C)(C)C. The fraction of sp³-hybridized carbons (Fsp3) is 0.923. The van der Waals surface area contributed by atoms with E-state index in [0.29, 0.717) is 12.5 Å². The van der Waals surface area contributed by atoms with E-state index in [1.807, 2.05) is 27.8 Å². The molecule has 1 rings (SSSR count). The van der Waals surface area contributed by atoms with E-state index in [0.717, 1.165) is 19.6 Å². The smallest absolute Gasteiger partial charge is 0.307 e. The molecule has 0 bridgehead atoms. The minimum Gasteiger partial charge on any atom is -0.460 e. The highest BCUT2D eigenvalue weighted by atomic mass is 16.6. The van der Waals surface area contributed by atoms with Crippen LogP contribution in [0.4, 0.5) is 0 Å². The van der Waals surface area contributed by atoms with E-state index >= 15 is 0 Å². The molecule has 1 saturated heterocycles. The molecular weight excluding hydrogens is 218 g/mol. The highest BCUT2D eigenvalue weighted by Crippen LogP contribution is 2.18. The molecule has 100 valence electrons. The first kappa shape index (κ1) is 14.5. The van der Waals surface area contributed by atoms with Crippen LogP contribution in [-0.4, -0.2) is 48.8 Å². The molecule has 0 N–H and O–H groups in total. The minimum atomic E-state index is -0.389. The summed E-state index contributed by atoms with van der Waals surface area (Å²) in [7, 11) is 2.04. The molecule has 0 aromatic carbocycles. The van der Waals surface area contributed by atoms with Gasteiger partial charge in [0.1, 0.15) is 5.60 Å². The Morgan fingerprint density at radius 2 is 2.12 bits per heavy atom. The summed E-state index contributed by atoms with van der Waals surface area (Å²) in [5, 5.41) is 0. The number of ether oxygens (including phenoxy) is 2. The zero-order valence-corrected chi connectivity index (χ0v) is 11.7. The van der Waals surface area contributed by atoms with Crippen LogP contribution in [-0.2, 0) is 14.3 Å². The van der Waals surface area contributed by atoms with Gasteiger partial charge in [-0.1, -0.05) is 0 Å². The van der Waals surface area contributed by atoms with Gasteiger partial charge in [0.25, 0.3) is 0 Å². The van der Waals surface area contributed by atoms with Gasteiger partial charge in [-0.3, -0.25) is 4.79 Å². The van der Waals surface area contributed by atoms with Crippen molar-refractivity contribution in [3.8, 4) is 0 Å². The number of hydrogen-bond acceptors (Lipinski definition) is 4. The number of esters is 1. The predicted octanol–water partition coefficient (Wildman–Crippen LogP) is 1.83. The maximum atomic E-state index is 11.6. The molecule has 17 heavy (non-hydrogen) atoms. The summed E-state index contributed by atoms with van der Waals surface area (Å²) in [6, 6.07) is 0.428. The third-order valence-electron chi connectivity index (χ3n) is 2.99. The van der Waals surface area contributed by atoms with Crippen molar-refractivity contribution in [2.24, 2.45) is 0 Å². The first-order valence-corrected chi connectivity index (χ1v) is 6.33. The second-order valence-electron chi connectivity index (χ2n) is 5.75. The largest absolute Gasteiger partial charge is 0.460 e. The normalized spacial score (nSPS) is 25.3. The van der Waals surface area contributed by atoms with Gasteiger partial charge in [-0.15, -0.1) is 0 Å². The molecule has 0 aromatic heterocycles. The molecule has 2 atom stereocenters. The topological polar surface area (TPSA) is 38.8 Å². The third-order valence-corrected chi connectivity index (χ3v) is 2.99. The van der Waals surface area contributed by atoms with Crippen LogP contribution in [0.2, 0.25) is 0 Å². The van der Waals surface area contributed by atoms with Crippen molar-refractivity contribution in [2.75, 3.05) is 20.2 Å². The van der Waals surface area contributed by atoms with Gasteiger partial charge in [0.05, 0.1) is 12.5 Å². The Kier molecular flexibility index (Phi) is 4.95. The molecule has 1 heterocycles. The van der Waals surface area contributed by atoms with Gasteiger partial charge in [0.2, 0.25) is 0 Å². The number of hydrogen-bond donors (Lipinski definition) is 0. The molecule has 4 nitrogen and oxygen atoms in total. The van der Waals surface area contributed by atoms with Crippen molar-refractivity contribution in [2.45, 2.75) is 58.3 Å². The van der Waals surface area contributed by atoms with Crippen molar-refractivity contribution in [3.05, 3.63) is 0 Å². The third kappa shape index (κ3) is 5.04. The number of carbonyl (C=O) groups is 1. The standard InChI is InChI=1S/C13H25NO3/c1-10-11(7-9-16-10)14(5)8-6-12(15)17-13(2,3)4/h10-11H,6-9H2,1-5H3. The van der Waals surface area contributed by atoms with Crippen molar-refractivity contribution in [1.29, 1.82) is 0 Å². The highest BCUT2D eigenvalue weighted by Gasteiger charge is 2.28. The van der Waals surface area contributed by atoms with Crippen LogP contribution in [0.3, 0.4) is 0 Å². The lowest BCUT2D eigenvalue weighted by molar-refractivity contribution is -0.155. The van der Waals surface area contributed by atoms with E-state index in [9.17, 15) is 4.79 Å². The lowest BCUT2D eigenvalue weighted by Crippen LogP contribution is -2.38. The number of nitrogens with zero attached hydrogens (tertiary/aromatic N) is 1. The van der Waals surface area contributed by atoms with E-state index in [4.69, 9.17) is 9.47 Å². The second kappa shape index (κ2) is 5.83. The van der Waals surface area contributed by atoms with E-state index < -0.39 is 0 Å². The summed E-state index contributed by atoms with van der Waals surface area (Å²) >= 11 is 0. The van der Waals surface area contributed by atoms with Crippen LogP contribution < -0.4 is 0 Å². The van der Waals surface area contributed by atoms with E-state index in [1.165, 1.54) is 0 Å². The van der Waals surface area contributed by atoms with Crippen LogP contribution in [0, 0.1) is 0 Å². The van der Waals surface area contributed by atoms with Gasteiger partial charge in [0.15, 0.2) is 0 Å². The average Bonchev–Trinajstić information content (AvgIpc) is 2.58. The van der Waals surface area contributed by atoms with Crippen LogP contribution >= 0.6 is 0 Å². The summed E-state index contributed by atoms with van der Waals surface area (Å²) < 4.78 is 10.8. The molecule has 1 aliphatic heterocycles.